The number of rotatable bonds is 8. The molecule has 0 spiro atoms. The standard InChI is InChI=1S/C15H11ClF3IN6O2/c16-9-1-4-13(23-6-9)15(18,19)14(26(27)28,7-25(8-21)24-22)11-3-2-10(20)5-12(11)17/h1-6,8,21-22H,7H2. The molecule has 0 amide bonds. The van der Waals surface area contributed by atoms with E-state index in [9.17, 15) is 14.5 Å². The second-order valence-corrected chi connectivity index (χ2v) is 7.19. The summed E-state index contributed by atoms with van der Waals surface area (Å²) in [5, 5.41) is 22.3. The number of hydrogen-bond acceptors (Lipinski definition) is 6. The average molecular weight is 527 g/mol. The minimum atomic E-state index is -4.36. The maximum atomic E-state index is 15.5. The molecule has 148 valence electrons. The first-order valence-corrected chi connectivity index (χ1v) is 8.80. The Hall–Kier alpha value is -2.35. The molecule has 8 nitrogen and oxygen atoms in total. The molecule has 0 saturated carbocycles. The molecule has 1 heterocycles. The van der Waals surface area contributed by atoms with Crippen LogP contribution in [0.25, 0.3) is 0 Å². The third-order valence-electron chi connectivity index (χ3n) is 3.93. The Kier molecular flexibility index (Phi) is 6.54. The Morgan fingerprint density at radius 1 is 1.39 bits per heavy atom. The lowest BCUT2D eigenvalue weighted by molar-refractivity contribution is -0.614. The van der Waals surface area contributed by atoms with Crippen LogP contribution in [-0.4, -0.2) is 27.8 Å². The molecule has 0 aliphatic heterocycles. The van der Waals surface area contributed by atoms with E-state index in [1.165, 1.54) is 6.07 Å². The Bertz CT molecular complexity index is 909. The molecule has 13 heteroatoms. The first-order valence-electron chi connectivity index (χ1n) is 7.34. The van der Waals surface area contributed by atoms with Crippen molar-refractivity contribution < 1.29 is 18.1 Å². The Morgan fingerprint density at radius 2 is 2.07 bits per heavy atom. The molecule has 1 atom stereocenters. The van der Waals surface area contributed by atoms with Gasteiger partial charge < -0.3 is 0 Å². The van der Waals surface area contributed by atoms with Gasteiger partial charge in [-0.15, -0.1) is 0 Å². The van der Waals surface area contributed by atoms with Crippen molar-refractivity contribution >= 4 is 40.5 Å². The Morgan fingerprint density at radius 3 is 2.54 bits per heavy atom. The van der Waals surface area contributed by atoms with E-state index < -0.39 is 40.0 Å². The van der Waals surface area contributed by atoms with Crippen molar-refractivity contribution in [2.45, 2.75) is 11.5 Å². The lowest BCUT2D eigenvalue weighted by Crippen LogP contribution is -2.56. The number of benzene rings is 1. The average Bonchev–Trinajstić information content (AvgIpc) is 2.63. The van der Waals surface area contributed by atoms with E-state index in [1.807, 2.05) is 0 Å². The van der Waals surface area contributed by atoms with Crippen LogP contribution in [0.1, 0.15) is 11.3 Å². The summed E-state index contributed by atoms with van der Waals surface area (Å²) in [6.45, 7) is -1.29. The first kappa shape index (κ1) is 21.9. The largest absolute Gasteiger partial charge is 0.364 e. The van der Waals surface area contributed by atoms with E-state index >= 15 is 8.78 Å². The Balaban J connectivity index is 2.85. The van der Waals surface area contributed by atoms with Crippen molar-refractivity contribution in [3.05, 3.63) is 72.3 Å². The summed E-state index contributed by atoms with van der Waals surface area (Å²) in [5.74, 6) is -5.60. The minimum absolute atomic E-state index is 0.0222. The number of halogens is 5. The summed E-state index contributed by atoms with van der Waals surface area (Å²) in [5.41, 5.74) is 1.57. The zero-order valence-electron chi connectivity index (χ0n) is 13.7. The van der Waals surface area contributed by atoms with Crippen molar-refractivity contribution in [3.8, 4) is 0 Å². The van der Waals surface area contributed by atoms with Crippen LogP contribution in [0.15, 0.2) is 41.8 Å². The quantitative estimate of drug-likeness (QED) is 0.130. The Labute approximate surface area is 175 Å². The van der Waals surface area contributed by atoms with Gasteiger partial charge in [0.05, 0.1) is 10.6 Å². The molecular weight excluding hydrogens is 516 g/mol. The third kappa shape index (κ3) is 3.78. The number of nitrogens with one attached hydrogen (secondary N) is 2. The van der Waals surface area contributed by atoms with Crippen molar-refractivity contribution in [1.82, 2.24) is 9.99 Å². The van der Waals surface area contributed by atoms with Gasteiger partial charge in [-0.1, -0.05) is 16.8 Å². The molecule has 0 aliphatic carbocycles. The van der Waals surface area contributed by atoms with Gasteiger partial charge in [-0.3, -0.25) is 20.5 Å². The number of nitrogens with zero attached hydrogens (tertiary/aromatic N) is 4. The highest BCUT2D eigenvalue weighted by atomic mass is 127. The lowest BCUT2D eigenvalue weighted by atomic mass is 9.81. The smallest absolute Gasteiger partial charge is 0.290 e. The van der Waals surface area contributed by atoms with Crippen molar-refractivity contribution in [2.75, 3.05) is 6.54 Å². The predicted molar refractivity (Wildman–Crippen MR) is 102 cm³/mol. The number of nitro groups is 1. The predicted octanol–water partition coefficient (Wildman–Crippen LogP) is 4.60. The molecule has 0 fully saturated rings. The fourth-order valence-electron chi connectivity index (χ4n) is 2.57. The van der Waals surface area contributed by atoms with E-state index in [0.717, 1.165) is 30.5 Å². The van der Waals surface area contributed by atoms with Gasteiger partial charge in [0.1, 0.15) is 24.4 Å². The van der Waals surface area contributed by atoms with E-state index in [4.69, 9.17) is 22.5 Å². The molecule has 1 aromatic heterocycles. The first-order chi connectivity index (χ1) is 13.1. The zero-order valence-corrected chi connectivity index (χ0v) is 16.7. The maximum Gasteiger partial charge on any atom is 0.364 e. The van der Waals surface area contributed by atoms with E-state index in [1.54, 1.807) is 22.6 Å². The topological polar surface area (TPSA) is 119 Å². The van der Waals surface area contributed by atoms with Gasteiger partial charge in [-0.2, -0.15) is 14.3 Å². The maximum absolute atomic E-state index is 15.5. The lowest BCUT2D eigenvalue weighted by Gasteiger charge is -2.34. The van der Waals surface area contributed by atoms with Gasteiger partial charge in [-0.05, 0) is 52.9 Å². The van der Waals surface area contributed by atoms with Gasteiger partial charge in [0.25, 0.3) is 0 Å². The number of hydrogen-bond donors (Lipinski definition) is 2. The number of alkyl halides is 2. The molecule has 1 unspecified atom stereocenters. The minimum Gasteiger partial charge on any atom is -0.290 e. The summed E-state index contributed by atoms with van der Waals surface area (Å²) < 4.78 is 46.0. The molecule has 1 aromatic carbocycles. The van der Waals surface area contributed by atoms with Crippen LogP contribution in [0.2, 0.25) is 5.02 Å². The molecular formula is C15H11ClF3IN6O2. The molecule has 0 saturated heterocycles. The van der Waals surface area contributed by atoms with Gasteiger partial charge in [0.2, 0.25) is 0 Å². The van der Waals surface area contributed by atoms with E-state index in [0.29, 0.717) is 14.9 Å². The summed E-state index contributed by atoms with van der Waals surface area (Å²) in [6.07, 6.45) is 1.23. The van der Waals surface area contributed by atoms with Crippen LogP contribution in [0.3, 0.4) is 0 Å². The summed E-state index contributed by atoms with van der Waals surface area (Å²) >= 11 is 7.37. The molecule has 0 radical (unpaired) electrons. The second-order valence-electron chi connectivity index (χ2n) is 5.50. The molecule has 0 bridgehead atoms. The number of aromatic nitrogens is 1. The van der Waals surface area contributed by atoms with Crippen LogP contribution in [0, 0.1) is 30.4 Å². The fraction of sp³-hybridized carbons (Fsp3) is 0.200. The highest BCUT2D eigenvalue weighted by Gasteiger charge is 2.69. The SMILES string of the molecule is N=CN(CC(c1ccc(I)cc1F)([N+](=O)[O-])C(F)(F)c1ccc(Cl)cn1)N=N. The molecule has 2 N–H and O–H groups in total. The monoisotopic (exact) mass is 526 g/mol. The second kappa shape index (κ2) is 8.34. The normalized spacial score (nSPS) is 13.5. The number of pyridine rings is 1. The summed E-state index contributed by atoms with van der Waals surface area (Å²) in [6, 6.07) is 4.82. The molecule has 2 rings (SSSR count). The molecule has 28 heavy (non-hydrogen) atoms. The van der Waals surface area contributed by atoms with Crippen LogP contribution in [0.4, 0.5) is 13.2 Å². The van der Waals surface area contributed by atoms with Gasteiger partial charge in [0, 0.05) is 14.7 Å². The van der Waals surface area contributed by atoms with Crippen LogP contribution < -0.4 is 0 Å². The van der Waals surface area contributed by atoms with Crippen molar-refractivity contribution in [3.63, 3.8) is 0 Å². The fourth-order valence-corrected chi connectivity index (χ4v) is 3.13. The van der Waals surface area contributed by atoms with Crippen molar-refractivity contribution in [2.24, 2.45) is 5.22 Å². The molecule has 2 aromatic rings. The van der Waals surface area contributed by atoms with Crippen molar-refractivity contribution in [1.29, 1.82) is 10.9 Å². The highest BCUT2D eigenvalue weighted by molar-refractivity contribution is 14.1. The third-order valence-corrected chi connectivity index (χ3v) is 4.82. The van der Waals surface area contributed by atoms with Gasteiger partial charge >= 0.3 is 11.5 Å². The van der Waals surface area contributed by atoms with Crippen LogP contribution in [-0.2, 0) is 11.5 Å². The zero-order chi connectivity index (χ0) is 21.1. The van der Waals surface area contributed by atoms with Gasteiger partial charge in [0.15, 0.2) is 0 Å². The summed E-state index contributed by atoms with van der Waals surface area (Å²) in [4.78, 5) is 14.1. The van der Waals surface area contributed by atoms with Gasteiger partial charge in [-0.25, -0.2) is 9.40 Å². The van der Waals surface area contributed by atoms with E-state index in [2.05, 4.69) is 10.2 Å². The van der Waals surface area contributed by atoms with Crippen LogP contribution in [0.5, 0.6) is 0 Å². The summed E-state index contributed by atoms with van der Waals surface area (Å²) in [7, 11) is 0. The molecule has 0 aliphatic rings. The van der Waals surface area contributed by atoms with Crippen LogP contribution >= 0.6 is 34.2 Å². The van der Waals surface area contributed by atoms with E-state index in [-0.39, 0.29) is 5.02 Å². The highest BCUT2D eigenvalue weighted by Crippen LogP contribution is 2.48.